The summed E-state index contributed by atoms with van der Waals surface area (Å²) in [6.07, 6.45) is 4.43. The van der Waals surface area contributed by atoms with E-state index in [1.807, 2.05) is 0 Å². The van der Waals surface area contributed by atoms with E-state index in [4.69, 9.17) is 5.14 Å². The molecule has 4 nitrogen and oxygen atoms in total. The molecule has 1 heterocycles. The number of hydrogen-bond acceptors (Lipinski definition) is 3. The van der Waals surface area contributed by atoms with Crippen LogP contribution in [0.2, 0.25) is 0 Å². The lowest BCUT2D eigenvalue weighted by Crippen LogP contribution is -2.61. The van der Waals surface area contributed by atoms with Crippen molar-refractivity contribution in [3.8, 4) is 0 Å². The van der Waals surface area contributed by atoms with E-state index < -0.39 is 10.0 Å². The van der Waals surface area contributed by atoms with Crippen molar-refractivity contribution in [1.29, 1.82) is 0 Å². The fraction of sp³-hybridized carbons (Fsp3) is 0.857. The quantitative estimate of drug-likeness (QED) is 0.586. The molecule has 0 aromatic carbocycles. The number of likely N-dealkylation sites (tertiary alicyclic amines) is 1. The highest BCUT2D eigenvalue weighted by molar-refractivity contribution is 7.89. The second-order valence-corrected chi connectivity index (χ2v) is 5.42. The number of primary sulfonamides is 1. The van der Waals surface area contributed by atoms with Gasteiger partial charge in [-0.2, -0.15) is 0 Å². The summed E-state index contributed by atoms with van der Waals surface area (Å²) < 4.78 is 21.7. The topological polar surface area (TPSA) is 63.4 Å². The van der Waals surface area contributed by atoms with Crippen LogP contribution < -0.4 is 5.14 Å². The lowest BCUT2D eigenvalue weighted by Gasteiger charge is -2.43. The molecule has 2 N–H and O–H groups in total. The Bertz CT molecular complexity index is 265. The fourth-order valence-electron chi connectivity index (χ4n) is 1.59. The highest BCUT2D eigenvalue weighted by Crippen LogP contribution is 2.29. The number of rotatable bonds is 2. The van der Waals surface area contributed by atoms with Gasteiger partial charge in [0.25, 0.3) is 0 Å². The highest BCUT2D eigenvalue weighted by Gasteiger charge is 2.43. The largest absolute Gasteiger partial charge is 0.290 e. The van der Waals surface area contributed by atoms with Crippen molar-refractivity contribution in [2.75, 3.05) is 13.1 Å². The molecule has 2 rings (SSSR count). The number of hydrogen-bond donors (Lipinski definition) is 1. The van der Waals surface area contributed by atoms with Gasteiger partial charge < -0.3 is 0 Å². The van der Waals surface area contributed by atoms with Crippen molar-refractivity contribution >= 4 is 10.0 Å². The molecule has 0 unspecified atom stereocenters. The Kier molecular flexibility index (Phi) is 1.82. The first kappa shape index (κ1) is 8.34. The maximum Gasteiger partial charge on any atom is 0.214 e. The van der Waals surface area contributed by atoms with Crippen molar-refractivity contribution in [2.24, 2.45) is 5.14 Å². The first-order chi connectivity index (χ1) is 5.57. The van der Waals surface area contributed by atoms with E-state index >= 15 is 0 Å². The van der Waals surface area contributed by atoms with Gasteiger partial charge in [0.1, 0.15) is 18.1 Å². The number of sulfonamides is 1. The number of nitrogens with zero attached hydrogens (tertiary/aromatic N) is 1. The SMILES string of the molecule is NS(=O)(=O)C1CN(C2C[CH+]C2)C1. The molecular formula is C7H13N2O2S+. The van der Waals surface area contributed by atoms with Gasteiger partial charge in [-0.15, -0.1) is 0 Å². The van der Waals surface area contributed by atoms with Crippen LogP contribution in [0.25, 0.3) is 0 Å². The van der Waals surface area contributed by atoms with E-state index in [2.05, 4.69) is 11.3 Å². The van der Waals surface area contributed by atoms with Crippen LogP contribution in [0.5, 0.6) is 0 Å². The zero-order valence-electron chi connectivity index (χ0n) is 6.81. The Morgan fingerprint density at radius 2 is 1.92 bits per heavy atom. The molecule has 0 radical (unpaired) electrons. The van der Waals surface area contributed by atoms with E-state index in [1.165, 1.54) is 0 Å². The van der Waals surface area contributed by atoms with Gasteiger partial charge in [0, 0.05) is 13.1 Å². The molecule has 2 fully saturated rings. The second-order valence-electron chi connectivity index (χ2n) is 3.58. The summed E-state index contributed by atoms with van der Waals surface area (Å²) in [7, 11) is -3.27. The number of nitrogens with two attached hydrogens (primary N) is 1. The minimum absolute atomic E-state index is 0.307. The van der Waals surface area contributed by atoms with Gasteiger partial charge in [0.05, 0.1) is 12.5 Å². The van der Waals surface area contributed by atoms with Crippen LogP contribution in [0.4, 0.5) is 0 Å². The summed E-state index contributed by atoms with van der Waals surface area (Å²) >= 11 is 0. The Morgan fingerprint density at radius 3 is 2.25 bits per heavy atom. The molecule has 5 heteroatoms. The van der Waals surface area contributed by atoms with Crippen molar-refractivity contribution in [1.82, 2.24) is 4.90 Å². The predicted molar refractivity (Wildman–Crippen MR) is 45.8 cm³/mol. The Balaban J connectivity index is 1.83. The average molecular weight is 189 g/mol. The molecule has 0 atom stereocenters. The standard InChI is InChI=1S/C7H13N2O2S/c8-12(10,11)7-4-9(5-7)6-2-1-3-6/h1,6-7H,2-5H2,(H2,8,10,11)/q+1. The molecule has 0 spiro atoms. The van der Waals surface area contributed by atoms with Crippen molar-refractivity contribution < 1.29 is 8.42 Å². The summed E-state index contributed by atoms with van der Waals surface area (Å²) in [5, 5.41) is 4.69. The third kappa shape index (κ3) is 1.32. The molecule has 1 aliphatic heterocycles. The van der Waals surface area contributed by atoms with Gasteiger partial charge in [-0.25, -0.2) is 13.6 Å². The van der Waals surface area contributed by atoms with Gasteiger partial charge in [0.2, 0.25) is 10.0 Å². The molecule has 0 aromatic heterocycles. The van der Waals surface area contributed by atoms with Crippen molar-refractivity contribution in [3.63, 3.8) is 0 Å². The van der Waals surface area contributed by atoms with Gasteiger partial charge in [-0.05, 0) is 0 Å². The first-order valence-corrected chi connectivity index (χ1v) is 5.75. The monoisotopic (exact) mass is 189 g/mol. The Hall–Kier alpha value is -0.260. The zero-order valence-corrected chi connectivity index (χ0v) is 7.63. The lowest BCUT2D eigenvalue weighted by molar-refractivity contribution is 0.0942. The van der Waals surface area contributed by atoms with Crippen LogP contribution in [0.3, 0.4) is 0 Å². The Morgan fingerprint density at radius 1 is 1.33 bits per heavy atom. The molecule has 68 valence electrons. The third-order valence-electron chi connectivity index (χ3n) is 2.73. The summed E-state index contributed by atoms with van der Waals surface area (Å²) in [5.74, 6) is 0. The summed E-state index contributed by atoms with van der Waals surface area (Å²) in [4.78, 5) is 2.19. The van der Waals surface area contributed by atoms with Gasteiger partial charge >= 0.3 is 0 Å². The summed E-state index contributed by atoms with van der Waals surface area (Å²) in [5.41, 5.74) is 0. The molecule has 0 amide bonds. The van der Waals surface area contributed by atoms with Crippen LogP contribution in [0.1, 0.15) is 12.8 Å². The molecular weight excluding hydrogens is 176 g/mol. The Labute approximate surface area is 72.8 Å². The van der Waals surface area contributed by atoms with E-state index in [0.29, 0.717) is 19.1 Å². The van der Waals surface area contributed by atoms with E-state index in [1.54, 1.807) is 0 Å². The molecule has 1 saturated heterocycles. The smallest absolute Gasteiger partial charge is 0.214 e. The average Bonchev–Trinajstić information content (AvgIpc) is 1.67. The molecule has 2 aliphatic rings. The zero-order chi connectivity index (χ0) is 8.77. The molecule has 12 heavy (non-hydrogen) atoms. The van der Waals surface area contributed by atoms with Crippen molar-refractivity contribution in [3.05, 3.63) is 6.42 Å². The molecule has 1 aliphatic carbocycles. The third-order valence-corrected chi connectivity index (χ3v) is 3.96. The molecule has 0 aromatic rings. The minimum atomic E-state index is -3.27. The van der Waals surface area contributed by atoms with Crippen LogP contribution in [-0.4, -0.2) is 37.7 Å². The van der Waals surface area contributed by atoms with Crippen LogP contribution in [0, 0.1) is 6.42 Å². The lowest BCUT2D eigenvalue weighted by atomic mass is 9.89. The molecule has 1 saturated carbocycles. The summed E-state index contributed by atoms with van der Waals surface area (Å²) in [6, 6.07) is 0.600. The van der Waals surface area contributed by atoms with Crippen LogP contribution in [0.15, 0.2) is 0 Å². The van der Waals surface area contributed by atoms with Crippen molar-refractivity contribution in [2.45, 2.75) is 24.1 Å². The maximum absolute atomic E-state index is 10.8. The van der Waals surface area contributed by atoms with Crippen LogP contribution >= 0.6 is 0 Å². The minimum Gasteiger partial charge on any atom is -0.290 e. The van der Waals surface area contributed by atoms with Gasteiger partial charge in [-0.1, -0.05) is 0 Å². The first-order valence-electron chi connectivity index (χ1n) is 4.14. The van der Waals surface area contributed by atoms with E-state index in [0.717, 1.165) is 12.8 Å². The molecule has 0 bridgehead atoms. The maximum atomic E-state index is 10.8. The highest BCUT2D eigenvalue weighted by atomic mass is 32.2. The fourth-order valence-corrected chi connectivity index (χ4v) is 2.39. The van der Waals surface area contributed by atoms with E-state index in [-0.39, 0.29) is 5.25 Å². The normalized spacial score (nSPS) is 27.4. The van der Waals surface area contributed by atoms with E-state index in [9.17, 15) is 8.42 Å². The second kappa shape index (κ2) is 2.61. The van der Waals surface area contributed by atoms with Crippen LogP contribution in [-0.2, 0) is 10.0 Å². The summed E-state index contributed by atoms with van der Waals surface area (Å²) in [6.45, 7) is 1.27. The predicted octanol–water partition coefficient (Wildman–Crippen LogP) is -0.674. The van der Waals surface area contributed by atoms with Gasteiger partial charge in [0.15, 0.2) is 0 Å². The van der Waals surface area contributed by atoms with Gasteiger partial charge in [-0.3, -0.25) is 4.90 Å².